The summed E-state index contributed by atoms with van der Waals surface area (Å²) in [4.78, 5) is 27.3. The fourth-order valence-corrected chi connectivity index (χ4v) is 3.75. The topological polar surface area (TPSA) is 49.4 Å². The molecule has 0 aliphatic carbocycles. The van der Waals surface area contributed by atoms with E-state index in [2.05, 4.69) is 5.32 Å². The molecule has 0 aliphatic heterocycles. The molecular weight excluding hydrogens is 423 g/mol. The number of hydrogen-bond donors (Lipinski definition) is 1. The van der Waals surface area contributed by atoms with E-state index in [1.807, 2.05) is 26.0 Å². The number of thioether (sulfide) groups is 1. The van der Waals surface area contributed by atoms with E-state index >= 15 is 0 Å². The van der Waals surface area contributed by atoms with Crippen LogP contribution in [0.25, 0.3) is 0 Å². The first-order chi connectivity index (χ1) is 14.3. The molecular formula is C23H28ClFN2O2S. The summed E-state index contributed by atoms with van der Waals surface area (Å²) in [6.45, 7) is 6.01. The van der Waals surface area contributed by atoms with Gasteiger partial charge >= 0.3 is 0 Å². The van der Waals surface area contributed by atoms with Crippen molar-refractivity contribution in [2.75, 3.05) is 5.75 Å². The third-order valence-corrected chi connectivity index (χ3v) is 6.08. The summed E-state index contributed by atoms with van der Waals surface area (Å²) >= 11 is 7.40. The van der Waals surface area contributed by atoms with Gasteiger partial charge in [0.15, 0.2) is 0 Å². The fraction of sp³-hybridized carbons (Fsp3) is 0.391. The Morgan fingerprint density at radius 2 is 1.67 bits per heavy atom. The lowest BCUT2D eigenvalue weighted by molar-refractivity contribution is -0.138. The number of benzene rings is 2. The van der Waals surface area contributed by atoms with Crippen molar-refractivity contribution in [3.63, 3.8) is 0 Å². The highest BCUT2D eigenvalue weighted by Gasteiger charge is 2.26. The van der Waals surface area contributed by atoms with E-state index < -0.39 is 6.04 Å². The van der Waals surface area contributed by atoms with Crippen molar-refractivity contribution >= 4 is 35.2 Å². The van der Waals surface area contributed by atoms with Crippen molar-refractivity contribution in [1.82, 2.24) is 10.2 Å². The van der Waals surface area contributed by atoms with E-state index in [1.54, 1.807) is 36.1 Å². The zero-order valence-corrected chi connectivity index (χ0v) is 19.1. The van der Waals surface area contributed by atoms with Crippen molar-refractivity contribution in [1.29, 1.82) is 0 Å². The van der Waals surface area contributed by atoms with E-state index in [9.17, 15) is 14.0 Å². The van der Waals surface area contributed by atoms with Crippen LogP contribution in [-0.4, -0.2) is 34.6 Å². The van der Waals surface area contributed by atoms with E-state index in [0.29, 0.717) is 17.3 Å². The summed E-state index contributed by atoms with van der Waals surface area (Å²) in [5.74, 6) is 0.245. The molecule has 0 radical (unpaired) electrons. The van der Waals surface area contributed by atoms with Crippen molar-refractivity contribution in [3.05, 3.63) is 70.5 Å². The molecule has 0 bridgehead atoms. The molecule has 0 fully saturated rings. The maximum Gasteiger partial charge on any atom is 0.242 e. The predicted molar refractivity (Wildman–Crippen MR) is 122 cm³/mol. The van der Waals surface area contributed by atoms with Crippen LogP contribution in [0.5, 0.6) is 0 Å². The largest absolute Gasteiger partial charge is 0.352 e. The molecule has 0 unspecified atom stereocenters. The molecule has 4 nitrogen and oxygen atoms in total. The molecule has 0 saturated carbocycles. The van der Waals surface area contributed by atoms with Gasteiger partial charge in [0.05, 0.1) is 5.75 Å². The van der Waals surface area contributed by atoms with Gasteiger partial charge in [0.2, 0.25) is 11.8 Å². The monoisotopic (exact) mass is 450 g/mol. The zero-order chi connectivity index (χ0) is 22.1. The van der Waals surface area contributed by atoms with Crippen LogP contribution in [0.15, 0.2) is 48.5 Å². The summed E-state index contributed by atoms with van der Waals surface area (Å²) in [7, 11) is 0. The van der Waals surface area contributed by atoms with Crippen LogP contribution in [0.3, 0.4) is 0 Å². The summed E-state index contributed by atoms with van der Waals surface area (Å²) in [6.07, 6.45) is 0.817. The SMILES string of the molecule is CC[C@@H](C)NC(=O)[C@H](C)N(Cc1ccc(Cl)cc1)C(=O)CSCc1ccc(F)cc1. The number of nitrogens with zero attached hydrogens (tertiary/aromatic N) is 1. The first-order valence-electron chi connectivity index (χ1n) is 9.96. The molecule has 0 spiro atoms. The number of carbonyl (C=O) groups is 2. The number of nitrogens with one attached hydrogen (secondary N) is 1. The van der Waals surface area contributed by atoms with E-state index in [-0.39, 0.29) is 29.4 Å². The molecule has 2 aromatic rings. The first kappa shape index (κ1) is 24.2. The summed E-state index contributed by atoms with van der Waals surface area (Å²) in [5, 5.41) is 3.57. The summed E-state index contributed by atoms with van der Waals surface area (Å²) < 4.78 is 13.0. The van der Waals surface area contributed by atoms with Gasteiger partial charge in [0.25, 0.3) is 0 Å². The van der Waals surface area contributed by atoms with Crippen LogP contribution in [0, 0.1) is 5.82 Å². The van der Waals surface area contributed by atoms with Crippen molar-refractivity contribution in [2.45, 2.75) is 51.6 Å². The predicted octanol–water partition coefficient (Wildman–Crippen LogP) is 5.04. The van der Waals surface area contributed by atoms with Crippen LogP contribution in [0.4, 0.5) is 4.39 Å². The van der Waals surface area contributed by atoms with E-state index in [1.165, 1.54) is 23.9 Å². The van der Waals surface area contributed by atoms with Crippen LogP contribution >= 0.6 is 23.4 Å². The lowest BCUT2D eigenvalue weighted by Crippen LogP contribution is -2.50. The van der Waals surface area contributed by atoms with Gasteiger partial charge in [-0.3, -0.25) is 9.59 Å². The first-order valence-corrected chi connectivity index (χ1v) is 11.5. The molecule has 0 heterocycles. The third kappa shape index (κ3) is 7.65. The Balaban J connectivity index is 2.06. The number of rotatable bonds is 10. The van der Waals surface area contributed by atoms with E-state index in [0.717, 1.165) is 17.5 Å². The molecule has 0 aromatic heterocycles. The maximum absolute atomic E-state index is 13.0. The highest BCUT2D eigenvalue weighted by molar-refractivity contribution is 7.99. The summed E-state index contributed by atoms with van der Waals surface area (Å²) in [6, 6.07) is 12.9. The molecule has 0 saturated heterocycles. The summed E-state index contributed by atoms with van der Waals surface area (Å²) in [5.41, 5.74) is 1.85. The van der Waals surface area contributed by atoms with Gasteiger partial charge in [0.1, 0.15) is 11.9 Å². The van der Waals surface area contributed by atoms with Crippen molar-refractivity contribution in [2.24, 2.45) is 0 Å². The van der Waals surface area contributed by atoms with Crippen LogP contribution in [0.1, 0.15) is 38.3 Å². The average molecular weight is 451 g/mol. The minimum Gasteiger partial charge on any atom is -0.352 e. The lowest BCUT2D eigenvalue weighted by atomic mass is 10.1. The Morgan fingerprint density at radius 1 is 1.07 bits per heavy atom. The number of halogens is 2. The van der Waals surface area contributed by atoms with Gasteiger partial charge in [-0.05, 0) is 55.7 Å². The minimum absolute atomic E-state index is 0.0419. The molecule has 7 heteroatoms. The Bertz CT molecular complexity index is 830. The highest BCUT2D eigenvalue weighted by atomic mass is 35.5. The highest BCUT2D eigenvalue weighted by Crippen LogP contribution is 2.17. The van der Waals surface area contributed by atoms with Crippen molar-refractivity contribution < 1.29 is 14.0 Å². The van der Waals surface area contributed by atoms with Crippen LogP contribution in [0.2, 0.25) is 5.02 Å². The average Bonchev–Trinajstić information content (AvgIpc) is 2.74. The number of hydrogen-bond acceptors (Lipinski definition) is 3. The van der Waals surface area contributed by atoms with Crippen LogP contribution in [-0.2, 0) is 21.9 Å². The quantitative estimate of drug-likeness (QED) is 0.551. The van der Waals surface area contributed by atoms with Crippen molar-refractivity contribution in [3.8, 4) is 0 Å². The molecule has 30 heavy (non-hydrogen) atoms. The van der Waals surface area contributed by atoms with Gasteiger partial charge < -0.3 is 10.2 Å². The molecule has 0 aliphatic rings. The Hall–Kier alpha value is -2.05. The Kier molecular flexibility index (Phi) is 9.66. The van der Waals surface area contributed by atoms with Gasteiger partial charge in [-0.2, -0.15) is 0 Å². The molecule has 2 amide bonds. The maximum atomic E-state index is 13.0. The molecule has 2 atom stereocenters. The molecule has 162 valence electrons. The normalized spacial score (nSPS) is 12.8. The zero-order valence-electron chi connectivity index (χ0n) is 17.5. The second kappa shape index (κ2) is 12.0. The van der Waals surface area contributed by atoms with Crippen LogP contribution < -0.4 is 5.32 Å². The van der Waals surface area contributed by atoms with Gasteiger partial charge in [-0.15, -0.1) is 11.8 Å². The molecule has 2 aromatic carbocycles. The van der Waals surface area contributed by atoms with Gasteiger partial charge in [-0.25, -0.2) is 4.39 Å². The van der Waals surface area contributed by atoms with Gasteiger partial charge in [-0.1, -0.05) is 42.8 Å². The minimum atomic E-state index is -0.603. The molecule has 2 rings (SSSR count). The standard InChI is InChI=1S/C23H28ClFN2O2S/c1-4-16(2)26-23(29)17(3)27(13-18-5-9-20(24)10-6-18)22(28)15-30-14-19-7-11-21(25)12-8-19/h5-12,16-17H,4,13-15H2,1-3H3,(H,26,29)/t16-,17+/m1/s1. The third-order valence-electron chi connectivity index (χ3n) is 4.84. The van der Waals surface area contributed by atoms with Gasteiger partial charge in [0, 0.05) is 23.4 Å². The fourth-order valence-electron chi connectivity index (χ4n) is 2.75. The second-order valence-corrected chi connectivity index (χ2v) is 8.68. The second-order valence-electron chi connectivity index (χ2n) is 7.26. The Labute approximate surface area is 187 Å². The van der Waals surface area contributed by atoms with E-state index in [4.69, 9.17) is 11.6 Å². The smallest absolute Gasteiger partial charge is 0.242 e. The number of amides is 2. The lowest BCUT2D eigenvalue weighted by Gasteiger charge is -2.29. The Morgan fingerprint density at radius 3 is 2.27 bits per heavy atom. The number of carbonyl (C=O) groups excluding carboxylic acids is 2. The molecule has 1 N–H and O–H groups in total.